The van der Waals surface area contributed by atoms with Gasteiger partial charge in [0, 0.05) is 11.1 Å². The lowest BCUT2D eigenvalue weighted by Crippen LogP contribution is -2.53. The maximum Gasteiger partial charge on any atom is 0.255 e. The largest absolute Gasteiger partial charge is 0.255 e. The Morgan fingerprint density at radius 1 is 0.786 bits per heavy atom. The maximum absolute atomic E-state index is 2.74. The summed E-state index contributed by atoms with van der Waals surface area (Å²) in [6, 6.07) is 7.93. The van der Waals surface area contributed by atoms with Gasteiger partial charge in [-0.2, -0.15) is 0 Å². The Balaban J connectivity index is 2.94. The number of amidine groups is 1. The lowest BCUT2D eigenvalue weighted by molar-refractivity contribution is -0.601. The lowest BCUT2D eigenvalue weighted by atomic mass is 9.83. The predicted molar refractivity (Wildman–Crippen MR) is 125 cm³/mol. The van der Waals surface area contributed by atoms with Crippen molar-refractivity contribution in [3.05, 3.63) is 29.3 Å². The zero-order valence-electron chi connectivity index (χ0n) is 20.6. The summed E-state index contributed by atoms with van der Waals surface area (Å²) in [6.45, 7) is 28.5. The van der Waals surface area contributed by atoms with Gasteiger partial charge in [-0.15, -0.1) is 0 Å². The van der Waals surface area contributed by atoms with Gasteiger partial charge >= 0.3 is 0 Å². The van der Waals surface area contributed by atoms with E-state index in [9.17, 15) is 0 Å². The molecule has 0 saturated heterocycles. The van der Waals surface area contributed by atoms with Crippen LogP contribution in [0.3, 0.4) is 0 Å². The summed E-state index contributed by atoms with van der Waals surface area (Å²) in [5.41, 5.74) is 4.46. The van der Waals surface area contributed by atoms with E-state index in [0.717, 1.165) is 0 Å². The molecule has 0 bridgehead atoms. The van der Waals surface area contributed by atoms with Crippen molar-refractivity contribution >= 4 is 11.5 Å². The first-order valence-corrected chi connectivity index (χ1v) is 11.4. The van der Waals surface area contributed by atoms with Gasteiger partial charge in [0.1, 0.15) is 17.3 Å². The van der Waals surface area contributed by atoms with Crippen LogP contribution in [-0.2, 0) is 0 Å². The number of nitrogens with zero attached hydrogens (tertiary/aromatic N) is 2. The number of hydrogen-bond acceptors (Lipinski definition) is 1. The Labute approximate surface area is 175 Å². The highest BCUT2D eigenvalue weighted by atomic mass is 15.4. The average Bonchev–Trinajstić information content (AvgIpc) is 2.81. The summed E-state index contributed by atoms with van der Waals surface area (Å²) in [5.74, 6) is 3.57. The van der Waals surface area contributed by atoms with Crippen LogP contribution in [0.1, 0.15) is 106 Å². The van der Waals surface area contributed by atoms with Crippen molar-refractivity contribution in [3.8, 4) is 0 Å². The molecular formula is C26H45N2+. The normalized spacial score (nSPS) is 20.0. The topological polar surface area (TPSA) is 6.25 Å². The summed E-state index contributed by atoms with van der Waals surface area (Å²) in [6.07, 6.45) is 0. The van der Waals surface area contributed by atoms with Crippen LogP contribution in [0.5, 0.6) is 0 Å². The molecule has 1 atom stereocenters. The van der Waals surface area contributed by atoms with Gasteiger partial charge in [-0.1, -0.05) is 73.6 Å². The van der Waals surface area contributed by atoms with Crippen LogP contribution in [0.25, 0.3) is 0 Å². The van der Waals surface area contributed by atoms with E-state index in [-0.39, 0.29) is 5.54 Å². The van der Waals surface area contributed by atoms with E-state index in [2.05, 4.69) is 111 Å². The number of para-hydroxylation sites is 1. The third kappa shape index (κ3) is 3.76. The molecule has 0 N–H and O–H groups in total. The Morgan fingerprint density at radius 2 is 1.25 bits per heavy atom. The quantitative estimate of drug-likeness (QED) is 0.476. The number of rotatable bonds is 6. The fourth-order valence-electron chi connectivity index (χ4n) is 5.48. The van der Waals surface area contributed by atoms with Gasteiger partial charge in [-0.05, 0) is 45.4 Å². The molecule has 0 radical (unpaired) electrons. The molecule has 0 unspecified atom stereocenters. The Morgan fingerprint density at radius 3 is 1.57 bits per heavy atom. The number of benzene rings is 1. The van der Waals surface area contributed by atoms with Gasteiger partial charge in [0.05, 0.1) is 12.0 Å². The minimum Gasteiger partial charge on any atom is -0.255 e. The van der Waals surface area contributed by atoms with Crippen molar-refractivity contribution in [3.63, 3.8) is 0 Å². The van der Waals surface area contributed by atoms with Gasteiger partial charge in [0.2, 0.25) is 0 Å². The molecule has 0 aliphatic carbocycles. The van der Waals surface area contributed by atoms with E-state index >= 15 is 0 Å². The predicted octanol–water partition coefficient (Wildman–Crippen LogP) is 7.03. The Bertz CT molecular complexity index is 694. The molecule has 0 aromatic heterocycles. The third-order valence-corrected chi connectivity index (χ3v) is 6.36. The molecule has 158 valence electrons. The van der Waals surface area contributed by atoms with Crippen LogP contribution in [-0.4, -0.2) is 28.0 Å². The van der Waals surface area contributed by atoms with Crippen molar-refractivity contribution in [2.45, 2.75) is 113 Å². The van der Waals surface area contributed by atoms with E-state index in [4.69, 9.17) is 0 Å². The van der Waals surface area contributed by atoms with Crippen molar-refractivity contribution in [1.82, 2.24) is 0 Å². The highest BCUT2D eigenvalue weighted by molar-refractivity contribution is 6.00. The summed E-state index contributed by atoms with van der Waals surface area (Å²) in [7, 11) is 0. The molecule has 1 aromatic carbocycles. The van der Waals surface area contributed by atoms with Crippen LogP contribution in [0.15, 0.2) is 18.2 Å². The molecule has 1 aliphatic rings. The van der Waals surface area contributed by atoms with Crippen molar-refractivity contribution in [2.24, 2.45) is 11.8 Å². The molecule has 0 fully saturated rings. The smallest absolute Gasteiger partial charge is 0.255 e. The standard InChI is InChI=1S/C26H45N2/c1-16(2)21-14-13-15-22(17(3)4)23(21)28-25(19(7)8)27(20(9)10)24(18(5)6)26(28,11)12/h13-20,24H,1-12H3/q+1/t24-/m1/s1. The molecule has 1 heterocycles. The van der Waals surface area contributed by atoms with E-state index < -0.39 is 0 Å². The lowest BCUT2D eigenvalue weighted by Gasteiger charge is -2.36. The van der Waals surface area contributed by atoms with Crippen molar-refractivity contribution in [1.29, 1.82) is 0 Å². The molecule has 2 rings (SSSR count). The van der Waals surface area contributed by atoms with Crippen LogP contribution < -0.4 is 4.90 Å². The second-order valence-electron chi connectivity index (χ2n) is 10.8. The van der Waals surface area contributed by atoms with E-state index in [0.29, 0.717) is 35.8 Å². The highest BCUT2D eigenvalue weighted by Gasteiger charge is 2.58. The van der Waals surface area contributed by atoms with Crippen LogP contribution >= 0.6 is 0 Å². The minimum atomic E-state index is 0.0344. The summed E-state index contributed by atoms with van der Waals surface area (Å²) >= 11 is 0. The molecule has 0 amide bonds. The Hall–Kier alpha value is -1.31. The molecule has 28 heavy (non-hydrogen) atoms. The maximum atomic E-state index is 2.74. The second kappa shape index (κ2) is 8.20. The SMILES string of the molecule is CC(C)C1=[N+](C(C)C)[C@H](C(C)C)C(C)(C)N1c1c(C(C)C)cccc1C(C)C. The van der Waals surface area contributed by atoms with Gasteiger partial charge in [0.25, 0.3) is 5.84 Å². The van der Waals surface area contributed by atoms with Crippen LogP contribution in [0.4, 0.5) is 5.69 Å². The van der Waals surface area contributed by atoms with Gasteiger partial charge in [0.15, 0.2) is 0 Å². The van der Waals surface area contributed by atoms with Crippen LogP contribution in [0, 0.1) is 11.8 Å². The first kappa shape index (κ1) is 23.0. The Kier molecular flexibility index (Phi) is 6.73. The summed E-state index contributed by atoms with van der Waals surface area (Å²) < 4.78 is 2.73. The van der Waals surface area contributed by atoms with Gasteiger partial charge in [-0.25, -0.2) is 4.90 Å². The third-order valence-electron chi connectivity index (χ3n) is 6.36. The first-order chi connectivity index (χ1) is 12.8. The molecule has 1 aliphatic heterocycles. The van der Waals surface area contributed by atoms with E-state index in [1.165, 1.54) is 22.6 Å². The van der Waals surface area contributed by atoms with Gasteiger partial charge in [-0.3, -0.25) is 4.58 Å². The zero-order chi connectivity index (χ0) is 21.5. The minimum absolute atomic E-state index is 0.0344. The fourth-order valence-corrected chi connectivity index (χ4v) is 5.48. The van der Waals surface area contributed by atoms with E-state index in [1.54, 1.807) is 0 Å². The molecular weight excluding hydrogens is 340 g/mol. The second-order valence-corrected chi connectivity index (χ2v) is 10.8. The van der Waals surface area contributed by atoms with Crippen molar-refractivity contribution in [2.75, 3.05) is 4.90 Å². The zero-order valence-corrected chi connectivity index (χ0v) is 20.6. The summed E-state index contributed by atoms with van der Waals surface area (Å²) in [5, 5.41) is 0. The molecule has 0 saturated carbocycles. The summed E-state index contributed by atoms with van der Waals surface area (Å²) in [4.78, 5) is 2.74. The fraction of sp³-hybridized carbons (Fsp3) is 0.731. The molecule has 0 spiro atoms. The first-order valence-electron chi connectivity index (χ1n) is 11.4. The van der Waals surface area contributed by atoms with Crippen LogP contribution in [0.2, 0.25) is 0 Å². The monoisotopic (exact) mass is 385 g/mol. The molecule has 2 heteroatoms. The molecule has 2 nitrogen and oxygen atoms in total. The highest BCUT2D eigenvalue weighted by Crippen LogP contribution is 2.45. The van der Waals surface area contributed by atoms with E-state index in [1.807, 2.05) is 0 Å². The number of anilines is 1. The average molecular weight is 386 g/mol. The van der Waals surface area contributed by atoms with Crippen molar-refractivity contribution < 1.29 is 4.58 Å². The number of hydrogen-bond donors (Lipinski definition) is 0. The van der Waals surface area contributed by atoms with Gasteiger partial charge < -0.3 is 0 Å². The molecule has 1 aromatic rings.